The van der Waals surface area contributed by atoms with Gasteiger partial charge in [0.1, 0.15) is 0 Å². The molecular formula is C18H26N2S. The average molecular weight is 302 g/mol. The van der Waals surface area contributed by atoms with Crippen LogP contribution in [0.4, 0.5) is 0 Å². The summed E-state index contributed by atoms with van der Waals surface area (Å²) >= 11 is 2.03. The predicted molar refractivity (Wildman–Crippen MR) is 89.8 cm³/mol. The van der Waals surface area contributed by atoms with E-state index in [1.807, 2.05) is 11.8 Å². The minimum atomic E-state index is 0.555. The Morgan fingerprint density at radius 1 is 1.10 bits per heavy atom. The fraction of sp³-hybridized carbons (Fsp3) is 0.667. The maximum atomic E-state index is 4.00. The summed E-state index contributed by atoms with van der Waals surface area (Å²) in [6.07, 6.45) is 5.55. The molecule has 2 atom stereocenters. The van der Waals surface area contributed by atoms with E-state index in [1.54, 1.807) is 0 Å². The number of piperidine rings is 1. The molecule has 1 saturated heterocycles. The van der Waals surface area contributed by atoms with Crippen LogP contribution in [0.25, 0.3) is 0 Å². The third-order valence-electron chi connectivity index (χ3n) is 5.33. The molecule has 0 spiro atoms. The van der Waals surface area contributed by atoms with Crippen molar-refractivity contribution in [3.8, 4) is 0 Å². The zero-order valence-electron chi connectivity index (χ0n) is 12.9. The Bertz CT molecular complexity index is 492. The molecule has 1 aliphatic carbocycles. The number of nitrogens with zero attached hydrogens (tertiary/aromatic N) is 1. The summed E-state index contributed by atoms with van der Waals surface area (Å²) in [6, 6.07) is 11.2. The van der Waals surface area contributed by atoms with E-state index in [-0.39, 0.29) is 0 Å². The SMILES string of the molecule is CC1CSc2ccccc2C1NC1CCN(C2CC2)CC1. The highest BCUT2D eigenvalue weighted by Gasteiger charge is 2.34. The third kappa shape index (κ3) is 3.01. The van der Waals surface area contributed by atoms with Crippen LogP contribution in [0, 0.1) is 5.92 Å². The third-order valence-corrected chi connectivity index (χ3v) is 6.71. The number of benzene rings is 1. The molecule has 0 bridgehead atoms. The molecule has 1 aromatic carbocycles. The topological polar surface area (TPSA) is 15.3 Å². The second-order valence-electron chi connectivity index (χ2n) is 7.01. The Morgan fingerprint density at radius 3 is 2.62 bits per heavy atom. The molecule has 1 aromatic rings. The molecule has 1 saturated carbocycles. The van der Waals surface area contributed by atoms with Gasteiger partial charge in [-0.25, -0.2) is 0 Å². The number of hydrogen-bond donors (Lipinski definition) is 1. The maximum absolute atomic E-state index is 4.00. The van der Waals surface area contributed by atoms with Crippen LogP contribution in [0.5, 0.6) is 0 Å². The molecule has 1 N–H and O–H groups in total. The maximum Gasteiger partial charge on any atom is 0.0367 e. The molecule has 0 aromatic heterocycles. The molecule has 2 unspecified atom stereocenters. The lowest BCUT2D eigenvalue weighted by molar-refractivity contribution is 0.176. The summed E-state index contributed by atoms with van der Waals surface area (Å²) in [6.45, 7) is 5.01. The number of rotatable bonds is 3. The van der Waals surface area contributed by atoms with Gasteiger partial charge >= 0.3 is 0 Å². The lowest BCUT2D eigenvalue weighted by atomic mass is 9.92. The molecule has 3 aliphatic rings. The lowest BCUT2D eigenvalue weighted by Crippen LogP contribution is -2.46. The van der Waals surface area contributed by atoms with Gasteiger partial charge in [0.2, 0.25) is 0 Å². The van der Waals surface area contributed by atoms with Crippen molar-refractivity contribution in [2.75, 3.05) is 18.8 Å². The van der Waals surface area contributed by atoms with E-state index in [0.717, 1.165) is 12.0 Å². The second-order valence-corrected chi connectivity index (χ2v) is 8.07. The molecule has 0 amide bonds. The minimum absolute atomic E-state index is 0.555. The number of fused-ring (bicyclic) bond motifs is 1. The van der Waals surface area contributed by atoms with Crippen molar-refractivity contribution in [2.24, 2.45) is 5.92 Å². The standard InChI is InChI=1S/C18H26N2S/c1-13-12-21-17-5-3-2-4-16(17)18(13)19-14-8-10-20(11-9-14)15-6-7-15/h2-5,13-15,18-19H,6-12H2,1H3. The van der Waals surface area contributed by atoms with E-state index < -0.39 is 0 Å². The average Bonchev–Trinajstić information content (AvgIpc) is 3.36. The Morgan fingerprint density at radius 2 is 1.86 bits per heavy atom. The Balaban J connectivity index is 1.42. The minimum Gasteiger partial charge on any atom is -0.307 e. The molecule has 114 valence electrons. The molecule has 4 rings (SSSR count). The summed E-state index contributed by atoms with van der Waals surface area (Å²) in [5, 5.41) is 4.00. The van der Waals surface area contributed by atoms with Crippen LogP contribution < -0.4 is 5.32 Å². The van der Waals surface area contributed by atoms with Crippen LogP contribution in [-0.2, 0) is 0 Å². The molecule has 2 aliphatic heterocycles. The van der Waals surface area contributed by atoms with Gasteiger partial charge in [0.05, 0.1) is 0 Å². The van der Waals surface area contributed by atoms with Gasteiger partial charge in [-0.1, -0.05) is 25.1 Å². The second kappa shape index (κ2) is 5.94. The van der Waals surface area contributed by atoms with Gasteiger partial charge in [0.25, 0.3) is 0 Å². The molecule has 3 heteroatoms. The summed E-state index contributed by atoms with van der Waals surface area (Å²) in [5.41, 5.74) is 1.53. The molecule has 0 radical (unpaired) electrons. The van der Waals surface area contributed by atoms with Gasteiger partial charge in [-0.05, 0) is 56.3 Å². The predicted octanol–water partition coefficient (Wildman–Crippen LogP) is 3.69. The van der Waals surface area contributed by atoms with Crippen LogP contribution >= 0.6 is 11.8 Å². The van der Waals surface area contributed by atoms with Gasteiger partial charge in [-0.15, -0.1) is 11.8 Å². The number of thioether (sulfide) groups is 1. The van der Waals surface area contributed by atoms with E-state index >= 15 is 0 Å². The zero-order valence-corrected chi connectivity index (χ0v) is 13.7. The Hall–Kier alpha value is -0.510. The molecule has 21 heavy (non-hydrogen) atoms. The molecule has 2 nitrogen and oxygen atoms in total. The van der Waals surface area contributed by atoms with Crippen molar-refractivity contribution in [1.82, 2.24) is 10.2 Å². The van der Waals surface area contributed by atoms with Crippen LogP contribution in [-0.4, -0.2) is 35.8 Å². The quantitative estimate of drug-likeness (QED) is 0.917. The highest BCUT2D eigenvalue weighted by Crippen LogP contribution is 2.40. The number of hydrogen-bond acceptors (Lipinski definition) is 3. The monoisotopic (exact) mass is 302 g/mol. The van der Waals surface area contributed by atoms with Gasteiger partial charge < -0.3 is 10.2 Å². The van der Waals surface area contributed by atoms with Gasteiger partial charge in [-0.3, -0.25) is 0 Å². The van der Waals surface area contributed by atoms with Crippen molar-refractivity contribution >= 4 is 11.8 Å². The van der Waals surface area contributed by atoms with Crippen molar-refractivity contribution in [3.05, 3.63) is 29.8 Å². The van der Waals surface area contributed by atoms with Gasteiger partial charge in [0.15, 0.2) is 0 Å². The fourth-order valence-corrected chi connectivity index (χ4v) is 5.04. The first-order valence-corrected chi connectivity index (χ1v) is 9.51. The van der Waals surface area contributed by atoms with Crippen LogP contribution in [0.1, 0.15) is 44.2 Å². The number of nitrogens with one attached hydrogen (secondary N) is 1. The van der Waals surface area contributed by atoms with Gasteiger partial charge in [0, 0.05) is 28.8 Å². The van der Waals surface area contributed by atoms with Crippen LogP contribution in [0.15, 0.2) is 29.2 Å². The van der Waals surface area contributed by atoms with E-state index in [4.69, 9.17) is 0 Å². The van der Waals surface area contributed by atoms with Crippen molar-refractivity contribution in [2.45, 2.75) is 55.6 Å². The highest BCUT2D eigenvalue weighted by atomic mass is 32.2. The number of likely N-dealkylation sites (tertiary alicyclic amines) is 1. The Labute approximate surface area is 132 Å². The first-order chi connectivity index (χ1) is 10.3. The van der Waals surface area contributed by atoms with Crippen LogP contribution in [0.3, 0.4) is 0 Å². The summed E-state index contributed by atoms with van der Waals surface area (Å²) in [5.74, 6) is 1.97. The summed E-state index contributed by atoms with van der Waals surface area (Å²) < 4.78 is 0. The van der Waals surface area contributed by atoms with E-state index in [2.05, 4.69) is 41.4 Å². The molecule has 2 fully saturated rings. The highest BCUT2D eigenvalue weighted by molar-refractivity contribution is 7.99. The smallest absolute Gasteiger partial charge is 0.0367 e. The summed E-state index contributed by atoms with van der Waals surface area (Å²) in [7, 11) is 0. The molecule has 2 heterocycles. The van der Waals surface area contributed by atoms with Crippen molar-refractivity contribution < 1.29 is 0 Å². The van der Waals surface area contributed by atoms with Crippen LogP contribution in [0.2, 0.25) is 0 Å². The van der Waals surface area contributed by atoms with E-state index in [9.17, 15) is 0 Å². The first-order valence-electron chi connectivity index (χ1n) is 8.53. The lowest BCUT2D eigenvalue weighted by Gasteiger charge is -2.38. The largest absolute Gasteiger partial charge is 0.307 e. The van der Waals surface area contributed by atoms with Crippen molar-refractivity contribution in [1.29, 1.82) is 0 Å². The zero-order chi connectivity index (χ0) is 14.2. The van der Waals surface area contributed by atoms with E-state index in [1.165, 1.54) is 55.0 Å². The normalized spacial score (nSPS) is 31.1. The fourth-order valence-electron chi connectivity index (χ4n) is 3.87. The molecular weight excluding hydrogens is 276 g/mol. The summed E-state index contributed by atoms with van der Waals surface area (Å²) in [4.78, 5) is 4.20. The van der Waals surface area contributed by atoms with E-state index in [0.29, 0.717) is 12.1 Å². The first kappa shape index (κ1) is 14.1. The van der Waals surface area contributed by atoms with Gasteiger partial charge in [-0.2, -0.15) is 0 Å². The van der Waals surface area contributed by atoms with Crippen molar-refractivity contribution in [3.63, 3.8) is 0 Å². The Kier molecular flexibility index (Phi) is 3.99.